The third-order valence-corrected chi connectivity index (χ3v) is 2.80. The molecule has 0 bridgehead atoms. The van der Waals surface area contributed by atoms with Crippen molar-refractivity contribution < 1.29 is 19.5 Å². The number of aromatic carboxylic acids is 1. The molecule has 0 unspecified atom stereocenters. The molecule has 2 N–H and O–H groups in total. The van der Waals surface area contributed by atoms with Crippen molar-refractivity contribution in [3.8, 4) is 0 Å². The van der Waals surface area contributed by atoms with Crippen LogP contribution in [0.1, 0.15) is 27.8 Å². The maximum atomic E-state index is 11.8. The number of hydrogen-bond donors (Lipinski definition) is 2. The summed E-state index contributed by atoms with van der Waals surface area (Å²) in [5, 5.41) is 15.3. The zero-order valence-corrected chi connectivity index (χ0v) is 11.2. The van der Waals surface area contributed by atoms with Crippen LogP contribution in [0.5, 0.6) is 0 Å². The number of carbonyl (C=O) groups excluding carboxylic acids is 2. The number of carbonyl (C=O) groups is 3. The number of benzene rings is 1. The van der Waals surface area contributed by atoms with Gasteiger partial charge in [-0.1, -0.05) is 0 Å². The summed E-state index contributed by atoms with van der Waals surface area (Å²) in [5.41, 5.74) is 1.01. The Hall–Kier alpha value is -2.96. The van der Waals surface area contributed by atoms with Gasteiger partial charge in [0.25, 0.3) is 0 Å². The van der Waals surface area contributed by atoms with E-state index in [0.717, 1.165) is 4.68 Å². The van der Waals surface area contributed by atoms with E-state index in [2.05, 4.69) is 10.4 Å². The zero-order chi connectivity index (χ0) is 15.4. The molecule has 21 heavy (non-hydrogen) atoms. The summed E-state index contributed by atoms with van der Waals surface area (Å²) in [6.07, 6.45) is 1.32. The predicted octanol–water partition coefficient (Wildman–Crippen LogP) is 1.42. The highest BCUT2D eigenvalue weighted by Crippen LogP contribution is 2.10. The lowest BCUT2D eigenvalue weighted by molar-refractivity contribution is -0.116. The fraction of sp³-hybridized carbons (Fsp3) is 0.143. The van der Waals surface area contributed by atoms with Gasteiger partial charge in [-0.25, -0.2) is 9.48 Å². The van der Waals surface area contributed by atoms with Gasteiger partial charge in [0.2, 0.25) is 5.91 Å². The second-order valence-electron chi connectivity index (χ2n) is 4.36. The van der Waals surface area contributed by atoms with E-state index in [-0.39, 0.29) is 18.0 Å². The first-order valence-corrected chi connectivity index (χ1v) is 6.13. The van der Waals surface area contributed by atoms with Crippen LogP contribution in [0.4, 0.5) is 5.69 Å². The standard InChI is InChI=1S/C14H13N3O4/c1-9(18)10-2-4-11(5-3-10)16-13(19)8-17-12(14(20)21)6-7-15-17/h2-7H,8H2,1H3,(H,16,19)(H,20,21). The van der Waals surface area contributed by atoms with Gasteiger partial charge in [0.15, 0.2) is 5.78 Å². The molecular weight excluding hydrogens is 274 g/mol. The predicted molar refractivity (Wildman–Crippen MR) is 74.3 cm³/mol. The molecule has 7 nitrogen and oxygen atoms in total. The summed E-state index contributed by atoms with van der Waals surface area (Å²) >= 11 is 0. The van der Waals surface area contributed by atoms with Crippen LogP contribution in [-0.2, 0) is 11.3 Å². The van der Waals surface area contributed by atoms with Crippen molar-refractivity contribution in [2.45, 2.75) is 13.5 Å². The number of nitrogens with zero attached hydrogens (tertiary/aromatic N) is 2. The van der Waals surface area contributed by atoms with Crippen molar-refractivity contribution in [3.63, 3.8) is 0 Å². The number of anilines is 1. The van der Waals surface area contributed by atoms with Crippen LogP contribution in [0.2, 0.25) is 0 Å². The number of aromatic nitrogens is 2. The third kappa shape index (κ3) is 3.53. The van der Waals surface area contributed by atoms with E-state index in [4.69, 9.17) is 5.11 Å². The van der Waals surface area contributed by atoms with E-state index in [0.29, 0.717) is 11.3 Å². The molecular formula is C14H13N3O4. The molecule has 1 aromatic carbocycles. The molecule has 2 aromatic rings. The molecule has 1 heterocycles. The number of rotatable bonds is 5. The lowest BCUT2D eigenvalue weighted by atomic mass is 10.1. The molecule has 1 amide bonds. The summed E-state index contributed by atoms with van der Waals surface area (Å²) in [4.78, 5) is 33.9. The molecule has 0 aliphatic heterocycles. The van der Waals surface area contributed by atoms with Crippen molar-refractivity contribution in [2.24, 2.45) is 0 Å². The number of carboxylic acid groups (broad SMARTS) is 1. The van der Waals surface area contributed by atoms with E-state index in [1.165, 1.54) is 19.2 Å². The molecule has 1 aromatic heterocycles. The Morgan fingerprint density at radius 3 is 2.43 bits per heavy atom. The maximum absolute atomic E-state index is 11.8. The van der Waals surface area contributed by atoms with Crippen LogP contribution in [0, 0.1) is 0 Å². The smallest absolute Gasteiger partial charge is 0.354 e. The number of ketones is 1. The first kappa shape index (κ1) is 14.4. The van der Waals surface area contributed by atoms with Crippen molar-refractivity contribution in [1.29, 1.82) is 0 Å². The molecule has 108 valence electrons. The Balaban J connectivity index is 2.03. The first-order valence-electron chi connectivity index (χ1n) is 6.13. The number of hydrogen-bond acceptors (Lipinski definition) is 4. The van der Waals surface area contributed by atoms with Gasteiger partial charge in [0.05, 0.1) is 0 Å². The SMILES string of the molecule is CC(=O)c1ccc(NC(=O)Cn2nccc2C(=O)O)cc1. The summed E-state index contributed by atoms with van der Waals surface area (Å²) < 4.78 is 1.10. The van der Waals surface area contributed by atoms with Crippen molar-refractivity contribution in [1.82, 2.24) is 9.78 Å². The minimum absolute atomic E-state index is 0.0583. The molecule has 0 saturated carbocycles. The highest BCUT2D eigenvalue weighted by Gasteiger charge is 2.13. The summed E-state index contributed by atoms with van der Waals surface area (Å²) in [6.45, 7) is 1.25. The topological polar surface area (TPSA) is 101 Å². The van der Waals surface area contributed by atoms with Crippen LogP contribution in [0.15, 0.2) is 36.5 Å². The number of carboxylic acids is 1. The maximum Gasteiger partial charge on any atom is 0.354 e. The third-order valence-electron chi connectivity index (χ3n) is 2.80. The second-order valence-corrected chi connectivity index (χ2v) is 4.36. The van der Waals surface area contributed by atoms with Gasteiger partial charge < -0.3 is 10.4 Å². The molecule has 0 atom stereocenters. The van der Waals surface area contributed by atoms with Crippen LogP contribution < -0.4 is 5.32 Å². The van der Waals surface area contributed by atoms with Gasteiger partial charge in [-0.15, -0.1) is 0 Å². The summed E-state index contributed by atoms with van der Waals surface area (Å²) in [5.74, 6) is -1.61. The van der Waals surface area contributed by atoms with E-state index >= 15 is 0 Å². The fourth-order valence-electron chi connectivity index (χ4n) is 1.77. The van der Waals surface area contributed by atoms with Gasteiger partial charge in [-0.2, -0.15) is 5.10 Å². The van der Waals surface area contributed by atoms with Crippen molar-refractivity contribution in [3.05, 3.63) is 47.8 Å². The van der Waals surface area contributed by atoms with Crippen molar-refractivity contribution in [2.75, 3.05) is 5.32 Å². The van der Waals surface area contributed by atoms with Crippen molar-refractivity contribution >= 4 is 23.3 Å². The Morgan fingerprint density at radius 1 is 1.19 bits per heavy atom. The quantitative estimate of drug-likeness (QED) is 0.810. The average molecular weight is 287 g/mol. The first-order chi connectivity index (χ1) is 9.97. The van der Waals surface area contributed by atoms with Crippen LogP contribution in [0.25, 0.3) is 0 Å². The van der Waals surface area contributed by atoms with Gasteiger partial charge in [0.1, 0.15) is 12.2 Å². The molecule has 0 fully saturated rings. The zero-order valence-electron chi connectivity index (χ0n) is 11.2. The summed E-state index contributed by atoms with van der Waals surface area (Å²) in [7, 11) is 0. The molecule has 2 rings (SSSR count). The van der Waals surface area contributed by atoms with Crippen LogP contribution >= 0.6 is 0 Å². The number of Topliss-reactive ketones (excluding diaryl/α,β-unsaturated/α-hetero) is 1. The Labute approximate surface area is 120 Å². The molecule has 0 radical (unpaired) electrons. The van der Waals surface area contributed by atoms with Gasteiger partial charge in [0, 0.05) is 17.4 Å². The molecule has 0 aliphatic carbocycles. The van der Waals surface area contributed by atoms with E-state index in [9.17, 15) is 14.4 Å². The van der Waals surface area contributed by atoms with E-state index in [1.807, 2.05) is 0 Å². The number of nitrogens with one attached hydrogen (secondary N) is 1. The number of amides is 1. The second kappa shape index (κ2) is 6.00. The minimum Gasteiger partial charge on any atom is -0.477 e. The van der Waals surface area contributed by atoms with Gasteiger partial charge >= 0.3 is 5.97 Å². The minimum atomic E-state index is -1.15. The fourth-order valence-corrected chi connectivity index (χ4v) is 1.77. The van der Waals surface area contributed by atoms with E-state index < -0.39 is 11.9 Å². The van der Waals surface area contributed by atoms with Crippen LogP contribution in [-0.4, -0.2) is 32.5 Å². The Kier molecular flexibility index (Phi) is 4.13. The largest absolute Gasteiger partial charge is 0.477 e. The monoisotopic (exact) mass is 287 g/mol. The molecule has 0 aliphatic rings. The Bertz CT molecular complexity index is 688. The molecule has 7 heteroatoms. The summed E-state index contributed by atoms with van der Waals surface area (Å²) in [6, 6.07) is 7.74. The van der Waals surface area contributed by atoms with Crippen LogP contribution in [0.3, 0.4) is 0 Å². The molecule has 0 spiro atoms. The highest BCUT2D eigenvalue weighted by molar-refractivity contribution is 5.95. The highest BCUT2D eigenvalue weighted by atomic mass is 16.4. The lowest BCUT2D eigenvalue weighted by Crippen LogP contribution is -2.22. The normalized spacial score (nSPS) is 10.1. The molecule has 0 saturated heterocycles. The lowest BCUT2D eigenvalue weighted by Gasteiger charge is -2.07. The van der Waals surface area contributed by atoms with E-state index in [1.54, 1.807) is 24.3 Å². The Morgan fingerprint density at radius 2 is 1.86 bits per heavy atom. The average Bonchev–Trinajstić information content (AvgIpc) is 2.87. The van der Waals surface area contributed by atoms with Gasteiger partial charge in [-0.3, -0.25) is 9.59 Å². The van der Waals surface area contributed by atoms with Gasteiger partial charge in [-0.05, 0) is 37.3 Å².